The highest BCUT2D eigenvalue weighted by Crippen LogP contribution is 2.31. The van der Waals surface area contributed by atoms with Gasteiger partial charge in [-0.2, -0.15) is 0 Å². The van der Waals surface area contributed by atoms with Crippen LogP contribution in [0.15, 0.2) is 60.7 Å². The van der Waals surface area contributed by atoms with Gasteiger partial charge in [0.2, 0.25) is 0 Å². The first-order valence-corrected chi connectivity index (χ1v) is 12.8. The van der Waals surface area contributed by atoms with Crippen molar-refractivity contribution in [2.75, 3.05) is 13.1 Å². The van der Waals surface area contributed by atoms with Gasteiger partial charge in [-0.25, -0.2) is 9.97 Å². The number of imidazole rings is 2. The predicted octanol–water partition coefficient (Wildman–Crippen LogP) is 5.63. The highest BCUT2D eigenvalue weighted by atomic mass is 15.1. The zero-order valence-corrected chi connectivity index (χ0v) is 20.0. The highest BCUT2D eigenvalue weighted by molar-refractivity contribution is 5.85. The van der Waals surface area contributed by atoms with Gasteiger partial charge in [0.15, 0.2) is 0 Å². The van der Waals surface area contributed by atoms with Crippen molar-refractivity contribution in [1.82, 2.24) is 30.2 Å². The normalized spacial score (nSPS) is 20.4. The number of nitrogens with one attached hydrogen (secondary N) is 3. The van der Waals surface area contributed by atoms with Gasteiger partial charge < -0.3 is 20.2 Å². The van der Waals surface area contributed by atoms with Gasteiger partial charge in [0, 0.05) is 7.05 Å². The first-order chi connectivity index (χ1) is 17.2. The monoisotopic (exact) mass is 462 g/mol. The molecule has 0 aliphatic carbocycles. The molecule has 5 aromatic rings. The highest BCUT2D eigenvalue weighted by Gasteiger charge is 2.22. The van der Waals surface area contributed by atoms with Gasteiger partial charge in [0.05, 0.1) is 34.2 Å². The minimum Gasteiger partial charge on any atom is -0.341 e. The molecule has 0 bridgehead atoms. The third kappa shape index (κ3) is 3.65. The molecule has 7 rings (SSSR count). The summed E-state index contributed by atoms with van der Waals surface area (Å²) in [6, 6.07) is 22.7. The van der Waals surface area contributed by atoms with E-state index in [1.165, 1.54) is 40.6 Å². The van der Waals surface area contributed by atoms with Crippen molar-refractivity contribution in [3.63, 3.8) is 0 Å². The van der Waals surface area contributed by atoms with Crippen molar-refractivity contribution in [2.45, 2.75) is 37.8 Å². The van der Waals surface area contributed by atoms with Crippen LogP contribution in [0.4, 0.5) is 0 Å². The number of aromatic amines is 1. The maximum atomic E-state index is 4.99. The second-order valence-electron chi connectivity index (χ2n) is 9.96. The summed E-state index contributed by atoms with van der Waals surface area (Å²) in [6.45, 7) is 2.16. The van der Waals surface area contributed by atoms with Crippen LogP contribution in [0.1, 0.15) is 49.4 Å². The summed E-state index contributed by atoms with van der Waals surface area (Å²) in [6.07, 6.45) is 4.74. The van der Waals surface area contributed by atoms with E-state index in [4.69, 9.17) is 9.97 Å². The summed E-state index contributed by atoms with van der Waals surface area (Å²) in [5, 5.41) is 7.11. The SMILES string of the molecule is Cn1c([C@@H]2CCCN2)nc2cc(-c3ccc(-c4ccc5[nH]c([C@@H]6CCCN6)nc5c4)cc3)ccc21. The Kier molecular flexibility index (Phi) is 4.96. The summed E-state index contributed by atoms with van der Waals surface area (Å²) >= 11 is 0. The molecule has 2 aromatic heterocycles. The molecule has 4 heterocycles. The van der Waals surface area contributed by atoms with E-state index < -0.39 is 0 Å². The molecule has 3 aromatic carbocycles. The quantitative estimate of drug-likeness (QED) is 0.324. The van der Waals surface area contributed by atoms with Crippen molar-refractivity contribution < 1.29 is 0 Å². The Labute approximate surface area is 204 Å². The summed E-state index contributed by atoms with van der Waals surface area (Å²) in [4.78, 5) is 13.4. The van der Waals surface area contributed by atoms with Gasteiger partial charge >= 0.3 is 0 Å². The summed E-state index contributed by atoms with van der Waals surface area (Å²) in [5.41, 5.74) is 9.18. The largest absolute Gasteiger partial charge is 0.341 e. The Morgan fingerprint density at radius 2 is 1.34 bits per heavy atom. The van der Waals surface area contributed by atoms with E-state index in [0.717, 1.165) is 54.1 Å². The standard InChI is InChI=1S/C29H30N6/c1-35-27-13-11-21(17-26(27)34-29(35)24-5-3-15-31-24)19-8-6-18(7-9-19)20-10-12-22-25(16-20)33-28(32-22)23-4-2-14-30-23/h6-13,16-17,23-24,30-31H,2-5,14-15H2,1H3,(H,32,33)/t23-,24-/m0/s1. The number of nitrogens with zero attached hydrogens (tertiary/aromatic N) is 3. The lowest BCUT2D eigenvalue weighted by atomic mass is 10.00. The number of benzene rings is 3. The molecule has 2 saturated heterocycles. The van der Waals surface area contributed by atoms with E-state index in [2.05, 4.69) is 87.9 Å². The van der Waals surface area contributed by atoms with Gasteiger partial charge in [-0.3, -0.25) is 0 Å². The third-order valence-corrected chi connectivity index (χ3v) is 7.73. The minimum absolute atomic E-state index is 0.354. The van der Waals surface area contributed by atoms with Crippen molar-refractivity contribution in [3.05, 3.63) is 72.3 Å². The molecule has 3 N–H and O–H groups in total. The third-order valence-electron chi connectivity index (χ3n) is 7.73. The van der Waals surface area contributed by atoms with Crippen LogP contribution in [0, 0.1) is 0 Å². The van der Waals surface area contributed by atoms with E-state index in [-0.39, 0.29) is 0 Å². The molecular weight excluding hydrogens is 432 g/mol. The number of H-pyrrole nitrogens is 1. The fourth-order valence-corrected chi connectivity index (χ4v) is 5.76. The lowest BCUT2D eigenvalue weighted by Crippen LogP contribution is -2.16. The molecule has 6 heteroatoms. The van der Waals surface area contributed by atoms with Crippen LogP contribution >= 0.6 is 0 Å². The molecule has 0 amide bonds. The fourth-order valence-electron chi connectivity index (χ4n) is 5.76. The van der Waals surface area contributed by atoms with Crippen LogP contribution in [0.2, 0.25) is 0 Å². The van der Waals surface area contributed by atoms with Crippen molar-refractivity contribution in [1.29, 1.82) is 0 Å². The van der Waals surface area contributed by atoms with Gasteiger partial charge in [-0.05, 0) is 85.3 Å². The van der Waals surface area contributed by atoms with Crippen molar-refractivity contribution in [2.24, 2.45) is 7.05 Å². The fraction of sp³-hybridized carbons (Fsp3) is 0.310. The number of aromatic nitrogens is 4. The lowest BCUT2D eigenvalue weighted by molar-refractivity contribution is 0.584. The molecule has 2 aliphatic heterocycles. The molecule has 35 heavy (non-hydrogen) atoms. The van der Waals surface area contributed by atoms with E-state index >= 15 is 0 Å². The molecule has 0 radical (unpaired) electrons. The Morgan fingerprint density at radius 3 is 2.03 bits per heavy atom. The van der Waals surface area contributed by atoms with Gasteiger partial charge in [0.1, 0.15) is 11.6 Å². The van der Waals surface area contributed by atoms with E-state index in [0.29, 0.717) is 12.1 Å². The van der Waals surface area contributed by atoms with Crippen molar-refractivity contribution >= 4 is 22.1 Å². The Morgan fingerprint density at radius 1 is 0.714 bits per heavy atom. The number of fused-ring (bicyclic) bond motifs is 2. The van der Waals surface area contributed by atoms with Crippen LogP contribution in [0.3, 0.4) is 0 Å². The maximum absolute atomic E-state index is 4.99. The molecule has 0 unspecified atom stereocenters. The topological polar surface area (TPSA) is 70.6 Å². The van der Waals surface area contributed by atoms with Crippen LogP contribution in [-0.2, 0) is 7.05 Å². The summed E-state index contributed by atoms with van der Waals surface area (Å²) in [5.74, 6) is 2.20. The molecule has 2 aliphatic rings. The van der Waals surface area contributed by atoms with Crippen LogP contribution in [-0.4, -0.2) is 32.6 Å². The van der Waals surface area contributed by atoms with E-state index in [1.807, 2.05) is 0 Å². The van der Waals surface area contributed by atoms with Crippen LogP contribution in [0.25, 0.3) is 44.3 Å². The van der Waals surface area contributed by atoms with E-state index in [9.17, 15) is 0 Å². The Hall–Kier alpha value is -3.48. The number of rotatable bonds is 4. The molecule has 176 valence electrons. The summed E-state index contributed by atoms with van der Waals surface area (Å²) < 4.78 is 2.24. The number of hydrogen-bond acceptors (Lipinski definition) is 4. The maximum Gasteiger partial charge on any atom is 0.126 e. The smallest absolute Gasteiger partial charge is 0.126 e. The van der Waals surface area contributed by atoms with Crippen LogP contribution in [0.5, 0.6) is 0 Å². The predicted molar refractivity (Wildman–Crippen MR) is 141 cm³/mol. The first-order valence-electron chi connectivity index (χ1n) is 12.8. The van der Waals surface area contributed by atoms with E-state index in [1.54, 1.807) is 0 Å². The molecule has 2 fully saturated rings. The molecule has 2 atom stereocenters. The lowest BCUT2D eigenvalue weighted by Gasteiger charge is -2.09. The molecule has 0 spiro atoms. The molecular formula is C29H30N6. The second kappa shape index (κ2) is 8.33. The zero-order valence-electron chi connectivity index (χ0n) is 20.0. The average molecular weight is 463 g/mol. The van der Waals surface area contributed by atoms with Gasteiger partial charge in [-0.1, -0.05) is 36.4 Å². The number of hydrogen-bond donors (Lipinski definition) is 3. The first kappa shape index (κ1) is 20.9. The van der Waals surface area contributed by atoms with Gasteiger partial charge in [-0.15, -0.1) is 0 Å². The van der Waals surface area contributed by atoms with Crippen molar-refractivity contribution in [3.8, 4) is 22.3 Å². The number of aryl methyl sites for hydroxylation is 1. The molecule has 0 saturated carbocycles. The Balaban J connectivity index is 1.17. The molecule has 6 nitrogen and oxygen atoms in total. The average Bonchev–Trinajstić information content (AvgIpc) is 3.70. The summed E-state index contributed by atoms with van der Waals surface area (Å²) in [7, 11) is 2.13. The Bertz CT molecular complexity index is 1510. The minimum atomic E-state index is 0.354. The second-order valence-corrected chi connectivity index (χ2v) is 9.96. The van der Waals surface area contributed by atoms with Gasteiger partial charge in [0.25, 0.3) is 0 Å². The van der Waals surface area contributed by atoms with Crippen LogP contribution < -0.4 is 10.6 Å². The zero-order chi connectivity index (χ0) is 23.4.